The van der Waals surface area contributed by atoms with Crippen LogP contribution >= 0.6 is 11.6 Å². The third-order valence-electron chi connectivity index (χ3n) is 5.62. The molecule has 0 unspecified atom stereocenters. The van der Waals surface area contributed by atoms with E-state index in [-0.39, 0.29) is 29.4 Å². The second-order valence-electron chi connectivity index (χ2n) is 7.69. The van der Waals surface area contributed by atoms with Crippen LogP contribution in [0.15, 0.2) is 18.2 Å². The van der Waals surface area contributed by atoms with Gasteiger partial charge in [-0.05, 0) is 43.9 Å². The van der Waals surface area contributed by atoms with Crippen molar-refractivity contribution >= 4 is 17.5 Å². The van der Waals surface area contributed by atoms with Crippen LogP contribution in [0.1, 0.15) is 58.1 Å². The molecule has 1 saturated carbocycles. The fourth-order valence-corrected chi connectivity index (χ4v) is 4.70. The first-order valence-corrected chi connectivity index (χ1v) is 9.09. The number of carbonyl (C=O) groups excluding carboxylic acids is 1. The summed E-state index contributed by atoms with van der Waals surface area (Å²) in [6, 6.07) is 5.04. The Balaban J connectivity index is 1.94. The molecule has 2 fully saturated rings. The Morgan fingerprint density at radius 2 is 2.17 bits per heavy atom. The molecule has 132 valence electrons. The molecule has 1 saturated heterocycles. The van der Waals surface area contributed by atoms with Gasteiger partial charge in [-0.3, -0.25) is 4.79 Å². The average molecular weight is 352 g/mol. The summed E-state index contributed by atoms with van der Waals surface area (Å²) in [5.41, 5.74) is 0.365. The SMILES string of the molecule is CC(=O)N[C@]1(C)C[C@H](c2cc(Cl)ccc2O)O[C@@H]2C[C@H](C)CC[C@H]21. The number of phenols is 1. The molecule has 4 nitrogen and oxygen atoms in total. The van der Waals surface area contributed by atoms with Gasteiger partial charge >= 0.3 is 0 Å². The van der Waals surface area contributed by atoms with E-state index in [2.05, 4.69) is 19.2 Å². The highest BCUT2D eigenvalue weighted by Gasteiger charge is 2.49. The van der Waals surface area contributed by atoms with Crippen LogP contribution in [0.3, 0.4) is 0 Å². The van der Waals surface area contributed by atoms with Crippen LogP contribution in [-0.4, -0.2) is 22.7 Å². The molecule has 1 aromatic carbocycles. The lowest BCUT2D eigenvalue weighted by Gasteiger charge is -2.52. The van der Waals surface area contributed by atoms with E-state index in [9.17, 15) is 9.90 Å². The summed E-state index contributed by atoms with van der Waals surface area (Å²) in [7, 11) is 0. The minimum absolute atomic E-state index is 0.0224. The van der Waals surface area contributed by atoms with Gasteiger partial charge in [-0.25, -0.2) is 0 Å². The number of benzene rings is 1. The first-order valence-electron chi connectivity index (χ1n) is 8.71. The molecule has 1 amide bonds. The maximum absolute atomic E-state index is 11.8. The van der Waals surface area contributed by atoms with Crippen molar-refractivity contribution in [3.8, 4) is 5.75 Å². The highest BCUT2D eigenvalue weighted by molar-refractivity contribution is 6.30. The van der Waals surface area contributed by atoms with Gasteiger partial charge in [0.15, 0.2) is 0 Å². The van der Waals surface area contributed by atoms with Crippen LogP contribution in [0, 0.1) is 11.8 Å². The standard InChI is InChI=1S/C19H26ClNO3/c1-11-4-6-15-17(8-11)24-18(10-19(15,3)21-12(2)22)14-9-13(20)5-7-16(14)23/h5,7,9,11,15,17-18,23H,4,6,8,10H2,1-3H3,(H,21,22)/t11-,15-,17-,18-,19-/m1/s1. The summed E-state index contributed by atoms with van der Waals surface area (Å²) in [4.78, 5) is 11.8. The van der Waals surface area contributed by atoms with Crippen LogP contribution in [0.25, 0.3) is 0 Å². The first-order chi connectivity index (χ1) is 11.3. The molecule has 5 atom stereocenters. The van der Waals surface area contributed by atoms with Gasteiger partial charge in [0.2, 0.25) is 5.91 Å². The number of hydrogen-bond donors (Lipinski definition) is 2. The van der Waals surface area contributed by atoms with Crippen molar-refractivity contribution < 1.29 is 14.6 Å². The Morgan fingerprint density at radius 3 is 2.88 bits per heavy atom. The van der Waals surface area contributed by atoms with Crippen LogP contribution in [0.2, 0.25) is 5.02 Å². The first kappa shape index (κ1) is 17.6. The van der Waals surface area contributed by atoms with Crippen molar-refractivity contribution in [1.29, 1.82) is 0 Å². The smallest absolute Gasteiger partial charge is 0.217 e. The predicted molar refractivity (Wildman–Crippen MR) is 94.1 cm³/mol. The highest BCUT2D eigenvalue weighted by Crippen LogP contribution is 2.49. The predicted octanol–water partition coefficient (Wildman–Crippen LogP) is 4.21. The van der Waals surface area contributed by atoms with Crippen molar-refractivity contribution in [2.75, 3.05) is 0 Å². The van der Waals surface area contributed by atoms with E-state index in [1.165, 1.54) is 0 Å². The summed E-state index contributed by atoms with van der Waals surface area (Å²) >= 11 is 6.12. The Kier molecular flexibility index (Phi) is 4.80. The van der Waals surface area contributed by atoms with Crippen LogP contribution in [-0.2, 0) is 9.53 Å². The number of fused-ring (bicyclic) bond motifs is 1. The van der Waals surface area contributed by atoms with E-state index in [4.69, 9.17) is 16.3 Å². The largest absolute Gasteiger partial charge is 0.508 e. The third kappa shape index (κ3) is 3.40. The number of aromatic hydroxyl groups is 1. The molecule has 2 aliphatic rings. The lowest BCUT2D eigenvalue weighted by Crippen LogP contribution is -2.60. The molecule has 1 aliphatic heterocycles. The third-order valence-corrected chi connectivity index (χ3v) is 5.85. The molecule has 3 rings (SSSR count). The van der Waals surface area contributed by atoms with Gasteiger partial charge in [-0.1, -0.05) is 24.9 Å². The summed E-state index contributed by atoms with van der Waals surface area (Å²) in [5, 5.41) is 14.0. The van der Waals surface area contributed by atoms with Gasteiger partial charge in [0, 0.05) is 35.4 Å². The minimum Gasteiger partial charge on any atom is -0.508 e. The summed E-state index contributed by atoms with van der Waals surface area (Å²) < 4.78 is 6.39. The fourth-order valence-electron chi connectivity index (χ4n) is 4.52. The van der Waals surface area contributed by atoms with Crippen LogP contribution < -0.4 is 5.32 Å². The van der Waals surface area contributed by atoms with Crippen molar-refractivity contribution in [2.45, 2.75) is 64.2 Å². The zero-order chi connectivity index (χ0) is 17.5. The second kappa shape index (κ2) is 6.57. The number of nitrogens with one attached hydrogen (secondary N) is 1. The topological polar surface area (TPSA) is 58.6 Å². The van der Waals surface area contributed by atoms with E-state index in [1.54, 1.807) is 25.1 Å². The van der Waals surface area contributed by atoms with Gasteiger partial charge < -0.3 is 15.2 Å². The molecule has 5 heteroatoms. The molecular weight excluding hydrogens is 326 g/mol. The molecule has 0 aromatic heterocycles. The normalized spacial score (nSPS) is 36.0. The van der Waals surface area contributed by atoms with Crippen LogP contribution in [0.5, 0.6) is 5.75 Å². The number of hydrogen-bond acceptors (Lipinski definition) is 3. The highest BCUT2D eigenvalue weighted by atomic mass is 35.5. The maximum Gasteiger partial charge on any atom is 0.217 e. The molecule has 24 heavy (non-hydrogen) atoms. The van der Waals surface area contributed by atoms with Gasteiger partial charge in [0.1, 0.15) is 5.75 Å². The maximum atomic E-state index is 11.8. The monoisotopic (exact) mass is 351 g/mol. The molecule has 0 bridgehead atoms. The fraction of sp³-hybridized carbons (Fsp3) is 0.632. The molecule has 0 spiro atoms. The summed E-state index contributed by atoms with van der Waals surface area (Å²) in [6.07, 6.45) is 3.65. The van der Waals surface area contributed by atoms with Crippen LogP contribution in [0.4, 0.5) is 0 Å². The Morgan fingerprint density at radius 1 is 1.42 bits per heavy atom. The molecule has 1 aliphatic carbocycles. The van der Waals surface area contributed by atoms with Gasteiger partial charge in [0.25, 0.3) is 0 Å². The van der Waals surface area contributed by atoms with E-state index in [1.807, 2.05) is 0 Å². The second-order valence-corrected chi connectivity index (χ2v) is 8.13. The van der Waals surface area contributed by atoms with Gasteiger partial charge in [-0.15, -0.1) is 0 Å². The van der Waals surface area contributed by atoms with Crippen molar-refractivity contribution in [3.63, 3.8) is 0 Å². The Hall–Kier alpha value is -1.26. The minimum atomic E-state index is -0.339. The number of ether oxygens (including phenoxy) is 1. The van der Waals surface area contributed by atoms with E-state index in [0.29, 0.717) is 28.8 Å². The number of carbonyl (C=O) groups is 1. The number of rotatable bonds is 2. The molecular formula is C19H26ClNO3. The van der Waals surface area contributed by atoms with Gasteiger partial charge in [0.05, 0.1) is 12.2 Å². The lowest BCUT2D eigenvalue weighted by molar-refractivity contribution is -0.153. The van der Waals surface area contributed by atoms with E-state index in [0.717, 1.165) is 19.3 Å². The Labute approximate surface area is 148 Å². The van der Waals surface area contributed by atoms with Crippen molar-refractivity contribution in [3.05, 3.63) is 28.8 Å². The molecule has 1 heterocycles. The quantitative estimate of drug-likeness (QED) is 0.839. The molecule has 0 radical (unpaired) electrons. The number of amides is 1. The number of phenolic OH excluding ortho intramolecular Hbond substituents is 1. The zero-order valence-corrected chi connectivity index (χ0v) is 15.3. The Bertz CT molecular complexity index is 635. The molecule has 1 aromatic rings. The number of halogens is 1. The van der Waals surface area contributed by atoms with Gasteiger partial charge in [-0.2, -0.15) is 0 Å². The lowest BCUT2D eigenvalue weighted by atomic mass is 9.66. The zero-order valence-electron chi connectivity index (χ0n) is 14.5. The summed E-state index contributed by atoms with van der Waals surface area (Å²) in [6.45, 7) is 5.92. The van der Waals surface area contributed by atoms with Crippen molar-refractivity contribution in [1.82, 2.24) is 5.32 Å². The summed E-state index contributed by atoms with van der Waals surface area (Å²) in [5.74, 6) is 1.08. The molecule has 2 N–H and O–H groups in total. The van der Waals surface area contributed by atoms with E-state index >= 15 is 0 Å². The average Bonchev–Trinajstić information content (AvgIpc) is 2.48. The van der Waals surface area contributed by atoms with Crippen molar-refractivity contribution in [2.24, 2.45) is 11.8 Å². The van der Waals surface area contributed by atoms with E-state index < -0.39 is 0 Å².